The van der Waals surface area contributed by atoms with Crippen LogP contribution in [0, 0.1) is 12.7 Å². The Labute approximate surface area is 124 Å². The number of amides is 1. The molecule has 4 heteroatoms. The van der Waals surface area contributed by atoms with Gasteiger partial charge in [0, 0.05) is 23.7 Å². The van der Waals surface area contributed by atoms with Gasteiger partial charge < -0.3 is 11.1 Å². The monoisotopic (exact) mass is 286 g/mol. The fourth-order valence-electron chi connectivity index (χ4n) is 2.08. The minimum atomic E-state index is -0.624. The van der Waals surface area contributed by atoms with Gasteiger partial charge >= 0.3 is 0 Å². The van der Waals surface area contributed by atoms with Crippen molar-refractivity contribution in [1.29, 1.82) is 0 Å². The Kier molecular flexibility index (Phi) is 4.70. The van der Waals surface area contributed by atoms with E-state index >= 15 is 0 Å². The largest absolute Gasteiger partial charge is 0.366 e. The van der Waals surface area contributed by atoms with Gasteiger partial charge in [0.05, 0.1) is 0 Å². The summed E-state index contributed by atoms with van der Waals surface area (Å²) in [6, 6.07) is 12.6. The molecule has 110 valence electrons. The van der Waals surface area contributed by atoms with Crippen LogP contribution in [0.15, 0.2) is 42.5 Å². The summed E-state index contributed by atoms with van der Waals surface area (Å²) in [6.07, 6.45) is 0. The summed E-state index contributed by atoms with van der Waals surface area (Å²) in [5.41, 5.74) is 8.17. The molecule has 2 aromatic carbocycles. The molecule has 3 nitrogen and oxygen atoms in total. The molecule has 0 unspecified atom stereocenters. The van der Waals surface area contributed by atoms with E-state index < -0.39 is 11.7 Å². The van der Waals surface area contributed by atoms with E-state index in [-0.39, 0.29) is 11.6 Å². The Balaban J connectivity index is 2.02. The van der Waals surface area contributed by atoms with Crippen molar-refractivity contribution in [2.45, 2.75) is 26.4 Å². The van der Waals surface area contributed by atoms with Crippen molar-refractivity contribution in [3.63, 3.8) is 0 Å². The van der Waals surface area contributed by atoms with Gasteiger partial charge in [0.15, 0.2) is 0 Å². The van der Waals surface area contributed by atoms with Gasteiger partial charge in [-0.25, -0.2) is 4.39 Å². The smallest absolute Gasteiger partial charge is 0.248 e. The molecule has 0 aliphatic carbocycles. The number of aryl methyl sites for hydroxylation is 1. The lowest BCUT2D eigenvalue weighted by atomic mass is 10.1. The molecule has 1 amide bonds. The highest BCUT2D eigenvalue weighted by molar-refractivity contribution is 5.92. The van der Waals surface area contributed by atoms with Crippen LogP contribution in [0.25, 0.3) is 0 Å². The SMILES string of the molecule is Cc1ccc([C@@H](C)NCc2ccc(C(N)=O)cc2F)cc1. The summed E-state index contributed by atoms with van der Waals surface area (Å²) in [7, 11) is 0. The molecule has 0 saturated carbocycles. The molecule has 0 radical (unpaired) electrons. The van der Waals surface area contributed by atoms with Crippen LogP contribution in [0.5, 0.6) is 0 Å². The van der Waals surface area contributed by atoms with Crippen molar-refractivity contribution in [2.24, 2.45) is 5.73 Å². The lowest BCUT2D eigenvalue weighted by Gasteiger charge is -2.15. The summed E-state index contributed by atoms with van der Waals surface area (Å²) in [5, 5.41) is 3.27. The van der Waals surface area contributed by atoms with E-state index in [2.05, 4.69) is 29.6 Å². The van der Waals surface area contributed by atoms with Crippen LogP contribution in [-0.2, 0) is 6.54 Å². The van der Waals surface area contributed by atoms with Gasteiger partial charge in [-0.2, -0.15) is 0 Å². The molecule has 0 saturated heterocycles. The molecule has 0 aliphatic rings. The number of hydrogen-bond donors (Lipinski definition) is 2. The highest BCUT2D eigenvalue weighted by Crippen LogP contribution is 2.15. The van der Waals surface area contributed by atoms with E-state index in [1.165, 1.54) is 11.6 Å². The van der Waals surface area contributed by atoms with Crippen LogP contribution in [0.4, 0.5) is 4.39 Å². The standard InChI is InChI=1S/C17H19FN2O/c1-11-3-5-13(6-4-11)12(2)20-10-15-8-7-14(17(19)21)9-16(15)18/h3-9,12,20H,10H2,1-2H3,(H2,19,21)/t12-/m1/s1. The molecule has 3 N–H and O–H groups in total. The summed E-state index contributed by atoms with van der Waals surface area (Å²) >= 11 is 0. The molecule has 0 fully saturated rings. The minimum Gasteiger partial charge on any atom is -0.366 e. The van der Waals surface area contributed by atoms with Gasteiger partial charge in [0.1, 0.15) is 5.82 Å². The molecule has 0 aliphatic heterocycles. The minimum absolute atomic E-state index is 0.112. The number of carbonyl (C=O) groups excluding carboxylic acids is 1. The second-order valence-electron chi connectivity index (χ2n) is 5.18. The molecular weight excluding hydrogens is 267 g/mol. The van der Waals surface area contributed by atoms with E-state index in [1.807, 2.05) is 13.8 Å². The quantitative estimate of drug-likeness (QED) is 0.887. The van der Waals surface area contributed by atoms with Crippen molar-refractivity contribution in [2.75, 3.05) is 0 Å². The second kappa shape index (κ2) is 6.50. The van der Waals surface area contributed by atoms with Crippen molar-refractivity contribution in [3.8, 4) is 0 Å². The van der Waals surface area contributed by atoms with Crippen LogP contribution >= 0.6 is 0 Å². The lowest BCUT2D eigenvalue weighted by Crippen LogP contribution is -2.19. The topological polar surface area (TPSA) is 55.1 Å². The zero-order valence-electron chi connectivity index (χ0n) is 12.2. The molecular formula is C17H19FN2O. The number of primary amides is 1. The first-order valence-electron chi connectivity index (χ1n) is 6.85. The van der Waals surface area contributed by atoms with Gasteiger partial charge in [-0.15, -0.1) is 0 Å². The van der Waals surface area contributed by atoms with E-state index in [9.17, 15) is 9.18 Å². The van der Waals surface area contributed by atoms with E-state index in [1.54, 1.807) is 12.1 Å². The molecule has 21 heavy (non-hydrogen) atoms. The van der Waals surface area contributed by atoms with E-state index in [0.29, 0.717) is 12.1 Å². The van der Waals surface area contributed by atoms with Crippen LogP contribution < -0.4 is 11.1 Å². The van der Waals surface area contributed by atoms with Crippen LogP contribution in [0.2, 0.25) is 0 Å². The number of halogens is 1. The highest BCUT2D eigenvalue weighted by Gasteiger charge is 2.09. The molecule has 2 aromatic rings. The van der Waals surface area contributed by atoms with Crippen molar-refractivity contribution in [1.82, 2.24) is 5.32 Å². The summed E-state index contributed by atoms with van der Waals surface area (Å²) in [4.78, 5) is 11.0. The lowest BCUT2D eigenvalue weighted by molar-refractivity contribution is 0.1000. The Hall–Kier alpha value is -2.20. The van der Waals surface area contributed by atoms with Gasteiger partial charge in [-0.1, -0.05) is 35.9 Å². The third-order valence-electron chi connectivity index (χ3n) is 3.51. The zero-order chi connectivity index (χ0) is 15.4. The third-order valence-corrected chi connectivity index (χ3v) is 3.51. The van der Waals surface area contributed by atoms with Crippen LogP contribution in [0.1, 0.15) is 40.0 Å². The van der Waals surface area contributed by atoms with Crippen molar-refractivity contribution < 1.29 is 9.18 Å². The number of nitrogens with two attached hydrogens (primary N) is 1. The molecule has 0 spiro atoms. The predicted molar refractivity (Wildman–Crippen MR) is 81.4 cm³/mol. The zero-order valence-corrected chi connectivity index (χ0v) is 12.2. The summed E-state index contributed by atoms with van der Waals surface area (Å²) in [6.45, 7) is 4.46. The molecule has 0 bridgehead atoms. The Bertz CT molecular complexity index is 638. The first kappa shape index (κ1) is 15.2. The molecule has 0 heterocycles. The Morgan fingerprint density at radius 2 is 1.90 bits per heavy atom. The van der Waals surface area contributed by atoms with E-state index in [0.717, 1.165) is 5.56 Å². The highest BCUT2D eigenvalue weighted by atomic mass is 19.1. The fourth-order valence-corrected chi connectivity index (χ4v) is 2.08. The average molecular weight is 286 g/mol. The Morgan fingerprint density at radius 1 is 1.24 bits per heavy atom. The first-order valence-corrected chi connectivity index (χ1v) is 6.85. The second-order valence-corrected chi connectivity index (χ2v) is 5.18. The maximum Gasteiger partial charge on any atom is 0.248 e. The maximum absolute atomic E-state index is 13.9. The molecule has 2 rings (SSSR count). The summed E-state index contributed by atoms with van der Waals surface area (Å²) < 4.78 is 13.9. The van der Waals surface area contributed by atoms with Gasteiger partial charge in [0.25, 0.3) is 0 Å². The fraction of sp³-hybridized carbons (Fsp3) is 0.235. The third kappa shape index (κ3) is 3.89. The molecule has 0 aromatic heterocycles. The first-order chi connectivity index (χ1) is 9.97. The summed E-state index contributed by atoms with van der Waals surface area (Å²) in [5.74, 6) is -1.05. The van der Waals surface area contributed by atoms with Gasteiger partial charge in [-0.3, -0.25) is 4.79 Å². The number of benzene rings is 2. The van der Waals surface area contributed by atoms with E-state index in [4.69, 9.17) is 5.73 Å². The number of rotatable bonds is 5. The average Bonchev–Trinajstić information content (AvgIpc) is 2.46. The van der Waals surface area contributed by atoms with Gasteiger partial charge in [0.2, 0.25) is 5.91 Å². The van der Waals surface area contributed by atoms with Crippen LogP contribution in [-0.4, -0.2) is 5.91 Å². The van der Waals surface area contributed by atoms with Crippen molar-refractivity contribution >= 4 is 5.91 Å². The number of carbonyl (C=O) groups is 1. The number of nitrogens with one attached hydrogen (secondary N) is 1. The number of hydrogen-bond acceptors (Lipinski definition) is 2. The molecule has 1 atom stereocenters. The maximum atomic E-state index is 13.9. The normalized spacial score (nSPS) is 12.1. The Morgan fingerprint density at radius 3 is 2.48 bits per heavy atom. The van der Waals surface area contributed by atoms with Crippen molar-refractivity contribution in [3.05, 3.63) is 70.5 Å². The van der Waals surface area contributed by atoms with Crippen LogP contribution in [0.3, 0.4) is 0 Å². The predicted octanol–water partition coefficient (Wildman–Crippen LogP) is 3.08. The van der Waals surface area contributed by atoms with Gasteiger partial charge in [-0.05, 0) is 31.5 Å².